The zero-order chi connectivity index (χ0) is 13.0. The SMILES string of the molecule is CCCC(C)(O)CNC1CCc2ccccc2C1. The Balaban J connectivity index is 1.87. The third kappa shape index (κ3) is 3.56. The van der Waals surface area contributed by atoms with Crippen LogP contribution in [0.3, 0.4) is 0 Å². The van der Waals surface area contributed by atoms with Crippen LogP contribution < -0.4 is 5.32 Å². The highest BCUT2D eigenvalue weighted by molar-refractivity contribution is 5.30. The summed E-state index contributed by atoms with van der Waals surface area (Å²) >= 11 is 0. The molecule has 0 amide bonds. The van der Waals surface area contributed by atoms with Crippen molar-refractivity contribution in [2.45, 2.75) is 57.6 Å². The molecule has 2 rings (SSSR count). The zero-order valence-corrected chi connectivity index (χ0v) is 11.6. The van der Waals surface area contributed by atoms with E-state index in [1.165, 1.54) is 17.5 Å². The summed E-state index contributed by atoms with van der Waals surface area (Å²) in [5.41, 5.74) is 2.40. The molecule has 0 fully saturated rings. The van der Waals surface area contributed by atoms with Gasteiger partial charge in [0.1, 0.15) is 0 Å². The highest BCUT2D eigenvalue weighted by atomic mass is 16.3. The Morgan fingerprint density at radius 3 is 2.78 bits per heavy atom. The molecule has 0 saturated heterocycles. The van der Waals surface area contributed by atoms with E-state index in [4.69, 9.17) is 0 Å². The van der Waals surface area contributed by atoms with Gasteiger partial charge in [-0.25, -0.2) is 0 Å². The molecule has 2 atom stereocenters. The lowest BCUT2D eigenvalue weighted by Crippen LogP contribution is -2.44. The van der Waals surface area contributed by atoms with Gasteiger partial charge in [0.15, 0.2) is 0 Å². The third-order valence-electron chi connectivity index (χ3n) is 3.91. The molecule has 0 radical (unpaired) electrons. The van der Waals surface area contributed by atoms with E-state index in [0.29, 0.717) is 12.6 Å². The van der Waals surface area contributed by atoms with Crippen molar-refractivity contribution in [2.75, 3.05) is 6.54 Å². The van der Waals surface area contributed by atoms with Crippen LogP contribution in [-0.2, 0) is 12.8 Å². The third-order valence-corrected chi connectivity index (χ3v) is 3.91. The lowest BCUT2D eigenvalue weighted by Gasteiger charge is -2.30. The Kier molecular flexibility index (Phi) is 4.41. The first kappa shape index (κ1) is 13.6. The number of hydrogen-bond acceptors (Lipinski definition) is 2. The second kappa shape index (κ2) is 5.85. The summed E-state index contributed by atoms with van der Waals surface area (Å²) in [5.74, 6) is 0. The van der Waals surface area contributed by atoms with Crippen molar-refractivity contribution in [3.8, 4) is 0 Å². The molecule has 2 nitrogen and oxygen atoms in total. The zero-order valence-electron chi connectivity index (χ0n) is 11.6. The smallest absolute Gasteiger partial charge is 0.0743 e. The van der Waals surface area contributed by atoms with Gasteiger partial charge in [0.2, 0.25) is 0 Å². The molecule has 1 aromatic carbocycles. The second-order valence-electron chi connectivity index (χ2n) is 5.84. The van der Waals surface area contributed by atoms with Gasteiger partial charge in [-0.15, -0.1) is 0 Å². The van der Waals surface area contributed by atoms with Crippen molar-refractivity contribution in [1.82, 2.24) is 5.32 Å². The second-order valence-corrected chi connectivity index (χ2v) is 5.84. The maximum absolute atomic E-state index is 10.2. The number of nitrogens with one attached hydrogen (secondary N) is 1. The van der Waals surface area contributed by atoms with Crippen LogP contribution in [-0.4, -0.2) is 23.3 Å². The van der Waals surface area contributed by atoms with Crippen molar-refractivity contribution in [1.29, 1.82) is 0 Å². The molecule has 2 unspecified atom stereocenters. The molecular weight excluding hydrogens is 222 g/mol. The molecule has 1 aromatic rings. The molecule has 0 spiro atoms. The lowest BCUT2D eigenvalue weighted by molar-refractivity contribution is 0.0466. The predicted octanol–water partition coefficient (Wildman–Crippen LogP) is 2.68. The molecular formula is C16H25NO. The van der Waals surface area contributed by atoms with Crippen molar-refractivity contribution < 1.29 is 5.11 Å². The van der Waals surface area contributed by atoms with Crippen LogP contribution in [0.1, 0.15) is 44.2 Å². The fraction of sp³-hybridized carbons (Fsp3) is 0.625. The standard InChI is InChI=1S/C16H25NO/c1-3-10-16(2,18)12-17-15-9-8-13-6-4-5-7-14(13)11-15/h4-7,15,17-18H,3,8-12H2,1-2H3. The molecule has 18 heavy (non-hydrogen) atoms. The highest BCUT2D eigenvalue weighted by Crippen LogP contribution is 2.21. The first-order chi connectivity index (χ1) is 8.61. The van der Waals surface area contributed by atoms with E-state index in [-0.39, 0.29) is 0 Å². The van der Waals surface area contributed by atoms with E-state index in [1.807, 2.05) is 6.92 Å². The maximum atomic E-state index is 10.2. The Labute approximate surface area is 110 Å². The fourth-order valence-electron chi connectivity index (χ4n) is 2.86. The molecule has 100 valence electrons. The van der Waals surface area contributed by atoms with Crippen molar-refractivity contribution >= 4 is 0 Å². The quantitative estimate of drug-likeness (QED) is 0.838. The Hall–Kier alpha value is -0.860. The van der Waals surface area contributed by atoms with E-state index in [2.05, 4.69) is 36.5 Å². The summed E-state index contributed by atoms with van der Waals surface area (Å²) in [5, 5.41) is 13.7. The molecule has 0 aromatic heterocycles. The van der Waals surface area contributed by atoms with Crippen LogP contribution in [0.15, 0.2) is 24.3 Å². The van der Waals surface area contributed by atoms with Crippen LogP contribution in [0.5, 0.6) is 0 Å². The summed E-state index contributed by atoms with van der Waals surface area (Å²) in [6, 6.07) is 9.22. The van der Waals surface area contributed by atoms with Gasteiger partial charge in [-0.3, -0.25) is 0 Å². The summed E-state index contributed by atoms with van der Waals surface area (Å²) < 4.78 is 0. The molecule has 1 aliphatic carbocycles. The predicted molar refractivity (Wildman–Crippen MR) is 75.8 cm³/mol. The Bertz CT molecular complexity index is 386. The number of hydrogen-bond donors (Lipinski definition) is 2. The summed E-state index contributed by atoms with van der Waals surface area (Å²) in [6.07, 6.45) is 5.33. The molecule has 2 heteroatoms. The van der Waals surface area contributed by atoms with Gasteiger partial charge in [0, 0.05) is 12.6 Å². The van der Waals surface area contributed by atoms with Crippen LogP contribution in [0, 0.1) is 0 Å². The van der Waals surface area contributed by atoms with Gasteiger partial charge in [0.25, 0.3) is 0 Å². The van der Waals surface area contributed by atoms with E-state index < -0.39 is 5.60 Å². The van der Waals surface area contributed by atoms with E-state index >= 15 is 0 Å². The lowest BCUT2D eigenvalue weighted by atomic mass is 9.88. The van der Waals surface area contributed by atoms with Crippen LogP contribution in [0.4, 0.5) is 0 Å². The Morgan fingerprint density at radius 2 is 2.06 bits per heavy atom. The summed E-state index contributed by atoms with van der Waals surface area (Å²) in [7, 11) is 0. The monoisotopic (exact) mass is 247 g/mol. The van der Waals surface area contributed by atoms with Gasteiger partial charge in [0.05, 0.1) is 5.60 Å². The maximum Gasteiger partial charge on any atom is 0.0743 e. The molecule has 2 N–H and O–H groups in total. The molecule has 0 saturated carbocycles. The number of benzene rings is 1. The average Bonchev–Trinajstić information content (AvgIpc) is 2.36. The topological polar surface area (TPSA) is 32.3 Å². The van der Waals surface area contributed by atoms with Crippen LogP contribution in [0.25, 0.3) is 0 Å². The summed E-state index contributed by atoms with van der Waals surface area (Å²) in [6.45, 7) is 4.75. The van der Waals surface area contributed by atoms with Crippen molar-refractivity contribution in [3.63, 3.8) is 0 Å². The van der Waals surface area contributed by atoms with Gasteiger partial charge in [-0.2, -0.15) is 0 Å². The minimum atomic E-state index is -0.564. The van der Waals surface area contributed by atoms with Gasteiger partial charge in [-0.05, 0) is 43.7 Å². The van der Waals surface area contributed by atoms with Crippen LogP contribution >= 0.6 is 0 Å². The van der Waals surface area contributed by atoms with Gasteiger partial charge in [-0.1, -0.05) is 37.6 Å². The van der Waals surface area contributed by atoms with Crippen molar-refractivity contribution in [3.05, 3.63) is 35.4 Å². The van der Waals surface area contributed by atoms with Crippen molar-refractivity contribution in [2.24, 2.45) is 0 Å². The largest absolute Gasteiger partial charge is 0.389 e. The van der Waals surface area contributed by atoms with Gasteiger partial charge >= 0.3 is 0 Å². The minimum Gasteiger partial charge on any atom is -0.389 e. The Morgan fingerprint density at radius 1 is 1.33 bits per heavy atom. The highest BCUT2D eigenvalue weighted by Gasteiger charge is 2.23. The molecule has 1 aliphatic rings. The van der Waals surface area contributed by atoms with E-state index in [1.54, 1.807) is 0 Å². The summed E-state index contributed by atoms with van der Waals surface area (Å²) in [4.78, 5) is 0. The number of aliphatic hydroxyl groups is 1. The molecule has 0 bridgehead atoms. The normalized spacial score (nSPS) is 22.3. The number of aryl methyl sites for hydroxylation is 1. The van der Waals surface area contributed by atoms with E-state index in [9.17, 15) is 5.11 Å². The average molecular weight is 247 g/mol. The van der Waals surface area contributed by atoms with E-state index in [0.717, 1.165) is 25.7 Å². The molecule has 0 heterocycles. The molecule has 0 aliphatic heterocycles. The first-order valence-electron chi connectivity index (χ1n) is 7.13. The van der Waals surface area contributed by atoms with Gasteiger partial charge < -0.3 is 10.4 Å². The number of fused-ring (bicyclic) bond motifs is 1. The number of rotatable bonds is 5. The minimum absolute atomic E-state index is 0.517. The first-order valence-corrected chi connectivity index (χ1v) is 7.13. The van der Waals surface area contributed by atoms with Crippen LogP contribution in [0.2, 0.25) is 0 Å². The fourth-order valence-corrected chi connectivity index (χ4v) is 2.86.